The van der Waals surface area contributed by atoms with Crippen molar-refractivity contribution in [3.05, 3.63) is 72.7 Å². The molecule has 0 aliphatic rings. The second-order valence-electron chi connectivity index (χ2n) is 7.07. The summed E-state index contributed by atoms with van der Waals surface area (Å²) in [6, 6.07) is 15.2. The molecule has 138 valence electrons. The van der Waals surface area contributed by atoms with E-state index in [1.54, 1.807) is 30.4 Å². The number of benzene rings is 1. The average Bonchev–Trinajstić information content (AvgIpc) is 2.64. The van der Waals surface area contributed by atoms with Crippen molar-refractivity contribution in [1.82, 2.24) is 9.97 Å². The van der Waals surface area contributed by atoms with Crippen LogP contribution in [0.15, 0.2) is 76.9 Å². The summed E-state index contributed by atoms with van der Waals surface area (Å²) in [5, 5.41) is 5.61. The fourth-order valence-electron chi connectivity index (χ4n) is 2.39. The SMILES string of the molecule is CC(C)(C)c1ccnc(NC(=O)Nc2ccc(Sc3ccncc3)cc2)c1. The molecule has 0 atom stereocenters. The maximum absolute atomic E-state index is 12.2. The molecular formula is C21H22N4OS. The molecule has 0 aliphatic heterocycles. The Morgan fingerprint density at radius 2 is 1.56 bits per heavy atom. The van der Waals surface area contributed by atoms with E-state index in [0.717, 1.165) is 21.0 Å². The largest absolute Gasteiger partial charge is 0.324 e. The first-order valence-electron chi connectivity index (χ1n) is 8.63. The number of hydrogen-bond acceptors (Lipinski definition) is 4. The van der Waals surface area contributed by atoms with Crippen LogP contribution in [-0.4, -0.2) is 16.0 Å². The lowest BCUT2D eigenvalue weighted by Gasteiger charge is -2.19. The minimum atomic E-state index is -0.317. The van der Waals surface area contributed by atoms with Crippen LogP contribution in [-0.2, 0) is 5.41 Å². The number of carbonyl (C=O) groups is 1. The van der Waals surface area contributed by atoms with Crippen LogP contribution in [0, 0.1) is 0 Å². The molecule has 0 saturated carbocycles. The predicted molar refractivity (Wildman–Crippen MR) is 110 cm³/mol. The van der Waals surface area contributed by atoms with Gasteiger partial charge in [0.25, 0.3) is 0 Å². The number of nitrogens with one attached hydrogen (secondary N) is 2. The fourth-order valence-corrected chi connectivity index (χ4v) is 3.19. The highest BCUT2D eigenvalue weighted by atomic mass is 32.2. The minimum absolute atomic E-state index is 0.00183. The van der Waals surface area contributed by atoms with Gasteiger partial charge in [0, 0.05) is 34.1 Å². The molecule has 2 amide bonds. The van der Waals surface area contributed by atoms with Crippen molar-refractivity contribution in [2.24, 2.45) is 0 Å². The lowest BCUT2D eigenvalue weighted by Crippen LogP contribution is -2.21. The predicted octanol–water partition coefficient (Wildman–Crippen LogP) is 5.57. The Balaban J connectivity index is 1.60. The average molecular weight is 379 g/mol. The zero-order valence-corrected chi connectivity index (χ0v) is 16.4. The van der Waals surface area contributed by atoms with Gasteiger partial charge in [0.1, 0.15) is 5.82 Å². The first-order valence-corrected chi connectivity index (χ1v) is 9.44. The molecular weight excluding hydrogens is 356 g/mol. The number of aromatic nitrogens is 2. The normalized spacial score (nSPS) is 11.1. The van der Waals surface area contributed by atoms with E-state index in [1.807, 2.05) is 48.5 Å². The van der Waals surface area contributed by atoms with Gasteiger partial charge in [-0.2, -0.15) is 0 Å². The van der Waals surface area contributed by atoms with Gasteiger partial charge in [0.2, 0.25) is 0 Å². The standard InChI is InChI=1S/C21H22N4OS/c1-21(2,3)15-8-13-23-19(14-15)25-20(26)24-16-4-6-17(7-5-16)27-18-9-11-22-12-10-18/h4-14H,1-3H3,(H2,23,24,25,26). The van der Waals surface area contributed by atoms with Crippen LogP contribution in [0.1, 0.15) is 26.3 Å². The van der Waals surface area contributed by atoms with Crippen molar-refractivity contribution in [3.63, 3.8) is 0 Å². The van der Waals surface area contributed by atoms with Gasteiger partial charge in [-0.25, -0.2) is 9.78 Å². The summed E-state index contributed by atoms with van der Waals surface area (Å²) < 4.78 is 0. The van der Waals surface area contributed by atoms with Crippen LogP contribution in [0.3, 0.4) is 0 Å². The van der Waals surface area contributed by atoms with E-state index in [2.05, 4.69) is 41.4 Å². The van der Waals surface area contributed by atoms with Gasteiger partial charge in [0.05, 0.1) is 0 Å². The molecule has 2 aromatic heterocycles. The van der Waals surface area contributed by atoms with Crippen molar-refractivity contribution >= 4 is 29.3 Å². The van der Waals surface area contributed by atoms with Gasteiger partial charge in [-0.1, -0.05) is 32.5 Å². The molecule has 27 heavy (non-hydrogen) atoms. The monoisotopic (exact) mass is 378 g/mol. The van der Waals surface area contributed by atoms with Crippen LogP contribution in [0.4, 0.5) is 16.3 Å². The maximum Gasteiger partial charge on any atom is 0.324 e. The van der Waals surface area contributed by atoms with Crippen LogP contribution in [0.2, 0.25) is 0 Å². The molecule has 0 spiro atoms. The van der Waals surface area contributed by atoms with Gasteiger partial charge >= 0.3 is 6.03 Å². The number of anilines is 2. The number of rotatable bonds is 4. The van der Waals surface area contributed by atoms with Gasteiger partial charge in [0.15, 0.2) is 0 Å². The number of nitrogens with zero attached hydrogens (tertiary/aromatic N) is 2. The molecule has 5 nitrogen and oxygen atoms in total. The highest BCUT2D eigenvalue weighted by molar-refractivity contribution is 7.99. The molecule has 0 unspecified atom stereocenters. The van der Waals surface area contributed by atoms with Crippen molar-refractivity contribution in [2.75, 3.05) is 10.6 Å². The molecule has 0 aliphatic carbocycles. The summed E-state index contributed by atoms with van der Waals surface area (Å²) in [6.07, 6.45) is 5.25. The van der Waals surface area contributed by atoms with Gasteiger partial charge in [-0.3, -0.25) is 10.3 Å². The first kappa shape index (κ1) is 18.9. The lowest BCUT2D eigenvalue weighted by atomic mass is 9.88. The van der Waals surface area contributed by atoms with Crippen molar-refractivity contribution < 1.29 is 4.79 Å². The summed E-state index contributed by atoms with van der Waals surface area (Å²) >= 11 is 1.64. The molecule has 0 radical (unpaired) electrons. The van der Waals surface area contributed by atoms with E-state index in [4.69, 9.17) is 0 Å². The third-order valence-corrected chi connectivity index (χ3v) is 4.88. The number of pyridine rings is 2. The van der Waals surface area contributed by atoms with Crippen molar-refractivity contribution in [2.45, 2.75) is 36.0 Å². The van der Waals surface area contributed by atoms with Crippen LogP contribution in [0.25, 0.3) is 0 Å². The Morgan fingerprint density at radius 3 is 2.22 bits per heavy atom. The van der Waals surface area contributed by atoms with E-state index in [9.17, 15) is 4.79 Å². The van der Waals surface area contributed by atoms with Crippen LogP contribution < -0.4 is 10.6 Å². The molecule has 0 bridgehead atoms. The molecule has 0 fully saturated rings. The van der Waals surface area contributed by atoms with E-state index >= 15 is 0 Å². The third-order valence-electron chi connectivity index (χ3n) is 3.87. The highest BCUT2D eigenvalue weighted by Gasteiger charge is 2.14. The Morgan fingerprint density at radius 1 is 0.889 bits per heavy atom. The quantitative estimate of drug-likeness (QED) is 0.623. The molecule has 2 N–H and O–H groups in total. The summed E-state index contributed by atoms with van der Waals surface area (Å²) in [6.45, 7) is 6.37. The van der Waals surface area contributed by atoms with E-state index in [-0.39, 0.29) is 11.4 Å². The number of carbonyl (C=O) groups excluding carboxylic acids is 1. The number of amides is 2. The smallest absolute Gasteiger partial charge is 0.308 e. The number of hydrogen-bond donors (Lipinski definition) is 2. The first-order chi connectivity index (χ1) is 12.9. The maximum atomic E-state index is 12.2. The summed E-state index contributed by atoms with van der Waals surface area (Å²) in [5.74, 6) is 0.532. The van der Waals surface area contributed by atoms with E-state index in [1.165, 1.54) is 0 Å². The minimum Gasteiger partial charge on any atom is -0.308 e. The highest BCUT2D eigenvalue weighted by Crippen LogP contribution is 2.28. The second kappa shape index (κ2) is 8.22. The van der Waals surface area contributed by atoms with Gasteiger partial charge in [-0.15, -0.1) is 0 Å². The van der Waals surface area contributed by atoms with Gasteiger partial charge in [-0.05, 0) is 59.5 Å². The Bertz CT molecular complexity index is 905. The zero-order valence-electron chi connectivity index (χ0n) is 15.6. The van der Waals surface area contributed by atoms with Crippen molar-refractivity contribution in [1.29, 1.82) is 0 Å². The molecule has 6 heteroatoms. The van der Waals surface area contributed by atoms with Crippen LogP contribution >= 0.6 is 11.8 Å². The topological polar surface area (TPSA) is 66.9 Å². The molecule has 0 saturated heterocycles. The summed E-state index contributed by atoms with van der Waals surface area (Å²) in [7, 11) is 0. The third kappa shape index (κ3) is 5.56. The Kier molecular flexibility index (Phi) is 5.76. The summed E-state index contributed by atoms with van der Waals surface area (Å²) in [4.78, 5) is 22.7. The van der Waals surface area contributed by atoms with Crippen LogP contribution in [0.5, 0.6) is 0 Å². The second-order valence-corrected chi connectivity index (χ2v) is 8.22. The van der Waals surface area contributed by atoms with E-state index < -0.39 is 0 Å². The zero-order chi connectivity index (χ0) is 19.3. The Hall–Kier alpha value is -2.86. The fraction of sp³-hybridized carbons (Fsp3) is 0.190. The summed E-state index contributed by atoms with van der Waals surface area (Å²) in [5.41, 5.74) is 1.84. The lowest BCUT2D eigenvalue weighted by molar-refractivity contribution is 0.262. The molecule has 3 rings (SSSR count). The van der Waals surface area contributed by atoms with E-state index in [0.29, 0.717) is 5.82 Å². The van der Waals surface area contributed by atoms with Gasteiger partial charge < -0.3 is 5.32 Å². The molecule has 2 heterocycles. The van der Waals surface area contributed by atoms with Crippen molar-refractivity contribution in [3.8, 4) is 0 Å². The molecule has 3 aromatic rings. The number of urea groups is 1. The molecule has 1 aromatic carbocycles. The Labute approximate surface area is 163 Å².